The average Bonchev–Trinajstić information content (AvgIpc) is 2.79. The molecule has 0 radical (unpaired) electrons. The molecule has 0 aliphatic carbocycles. The van der Waals surface area contributed by atoms with Gasteiger partial charge in [-0.1, -0.05) is 60.2 Å². The fourth-order valence-corrected chi connectivity index (χ4v) is 4.38. The zero-order chi connectivity index (χ0) is 23.8. The number of rotatable bonds is 9. The Hall–Kier alpha value is -2.39. The van der Waals surface area contributed by atoms with Crippen LogP contribution in [0.2, 0.25) is 5.02 Å². The van der Waals surface area contributed by atoms with Crippen LogP contribution in [-0.4, -0.2) is 31.8 Å². The quantitative estimate of drug-likeness (QED) is 0.493. The Morgan fingerprint density at radius 1 is 1.15 bits per heavy atom. The summed E-state index contributed by atoms with van der Waals surface area (Å²) in [7, 11) is -3.54. The highest BCUT2D eigenvalue weighted by molar-refractivity contribution is 7.90. The summed E-state index contributed by atoms with van der Waals surface area (Å²) in [5.41, 5.74) is 1.39. The number of aromatic hydroxyl groups is 1. The minimum atomic E-state index is -3.54. The molecule has 0 spiro atoms. The van der Waals surface area contributed by atoms with E-state index in [1.165, 1.54) is 6.92 Å². The van der Waals surface area contributed by atoms with Crippen LogP contribution in [0.3, 0.4) is 0 Å². The highest BCUT2D eigenvalue weighted by atomic mass is 35.5. The number of phenolic OH excluding ortho intramolecular Hbond substituents is 1. The number of hydrogen-bond acceptors (Lipinski definition) is 6. The first kappa shape index (κ1) is 25.2. The molecular weight excluding hydrogens is 466 g/mol. The van der Waals surface area contributed by atoms with Gasteiger partial charge in [0.15, 0.2) is 6.29 Å². The van der Waals surface area contributed by atoms with Crippen LogP contribution >= 0.6 is 11.6 Å². The molecule has 1 aliphatic heterocycles. The van der Waals surface area contributed by atoms with Crippen molar-refractivity contribution in [3.8, 4) is 5.75 Å². The summed E-state index contributed by atoms with van der Waals surface area (Å²) in [5.74, 6) is -0.604. The Balaban J connectivity index is 1.65. The Labute approximate surface area is 199 Å². The van der Waals surface area contributed by atoms with Crippen LogP contribution in [0.4, 0.5) is 0 Å². The lowest BCUT2D eigenvalue weighted by Gasteiger charge is -2.37. The molecule has 3 atom stereocenters. The summed E-state index contributed by atoms with van der Waals surface area (Å²) in [5, 5.41) is 11.0. The first-order valence-electron chi connectivity index (χ1n) is 10.8. The third-order valence-corrected chi connectivity index (χ3v) is 7.00. The summed E-state index contributed by atoms with van der Waals surface area (Å²) in [6.45, 7) is 1.86. The Morgan fingerprint density at radius 3 is 2.55 bits per heavy atom. The number of phenols is 1. The van der Waals surface area contributed by atoms with Crippen LogP contribution in [0.25, 0.3) is 0 Å². The molecule has 3 rings (SSSR count). The lowest BCUT2D eigenvalue weighted by Crippen LogP contribution is -2.31. The highest BCUT2D eigenvalue weighted by Gasteiger charge is 2.35. The normalized spacial score (nSPS) is 21.2. The molecule has 7 nitrogen and oxygen atoms in total. The van der Waals surface area contributed by atoms with E-state index in [9.17, 15) is 18.3 Å². The summed E-state index contributed by atoms with van der Waals surface area (Å²) < 4.78 is 37.1. The van der Waals surface area contributed by atoms with Gasteiger partial charge in [-0.15, -0.1) is 0 Å². The Bertz CT molecular complexity index is 1090. The van der Waals surface area contributed by atoms with Gasteiger partial charge in [0, 0.05) is 28.5 Å². The lowest BCUT2D eigenvalue weighted by molar-refractivity contribution is -0.244. The van der Waals surface area contributed by atoms with Crippen molar-refractivity contribution in [2.24, 2.45) is 5.92 Å². The van der Waals surface area contributed by atoms with Crippen LogP contribution in [0.5, 0.6) is 5.75 Å². The molecule has 3 unspecified atom stereocenters. The molecule has 0 aromatic heterocycles. The fraction of sp³-hybridized carbons (Fsp3) is 0.375. The first-order valence-corrected chi connectivity index (χ1v) is 12.8. The van der Waals surface area contributed by atoms with Gasteiger partial charge in [-0.25, -0.2) is 8.42 Å². The molecular formula is C24H28ClNO6S. The molecule has 2 aromatic carbocycles. The topological polar surface area (TPSA) is 102 Å². The van der Waals surface area contributed by atoms with Crippen molar-refractivity contribution >= 4 is 27.5 Å². The van der Waals surface area contributed by atoms with Crippen LogP contribution in [0.1, 0.15) is 49.7 Å². The second kappa shape index (κ2) is 11.7. The van der Waals surface area contributed by atoms with E-state index in [1.54, 1.807) is 18.2 Å². The van der Waals surface area contributed by atoms with E-state index in [4.69, 9.17) is 21.1 Å². The van der Waals surface area contributed by atoms with Gasteiger partial charge in [-0.2, -0.15) is 0 Å². The van der Waals surface area contributed by atoms with E-state index in [-0.39, 0.29) is 23.8 Å². The third kappa shape index (κ3) is 7.04. The largest absolute Gasteiger partial charge is 0.508 e. The number of ether oxygens (including phenoxy) is 2. The molecule has 1 saturated heterocycles. The van der Waals surface area contributed by atoms with Gasteiger partial charge in [0.05, 0.1) is 18.5 Å². The van der Waals surface area contributed by atoms with E-state index in [2.05, 4.69) is 0 Å². The van der Waals surface area contributed by atoms with Gasteiger partial charge in [0.1, 0.15) is 5.75 Å². The van der Waals surface area contributed by atoms with Crippen molar-refractivity contribution in [3.63, 3.8) is 0 Å². The van der Waals surface area contributed by atoms with E-state index in [0.29, 0.717) is 30.0 Å². The number of carbonyl (C=O) groups excluding carboxylic acids is 1. The zero-order valence-electron chi connectivity index (χ0n) is 18.3. The third-order valence-electron chi connectivity index (χ3n) is 5.36. The van der Waals surface area contributed by atoms with Crippen molar-refractivity contribution < 1.29 is 27.8 Å². The molecule has 178 valence electrons. The number of halogens is 1. The molecule has 1 heterocycles. The molecule has 0 saturated carbocycles. The van der Waals surface area contributed by atoms with E-state index in [1.807, 2.05) is 47.2 Å². The summed E-state index contributed by atoms with van der Waals surface area (Å²) in [6.07, 6.45) is 3.73. The van der Waals surface area contributed by atoms with Gasteiger partial charge in [-0.05, 0) is 31.9 Å². The van der Waals surface area contributed by atoms with Crippen LogP contribution < -0.4 is 4.72 Å². The monoisotopic (exact) mass is 493 g/mol. The van der Waals surface area contributed by atoms with Crippen molar-refractivity contribution in [2.45, 2.75) is 38.6 Å². The molecule has 0 bridgehead atoms. The summed E-state index contributed by atoms with van der Waals surface area (Å²) in [4.78, 5) is 11.8. The predicted octanol–water partition coefficient (Wildman–Crippen LogP) is 4.64. The second-order valence-corrected chi connectivity index (χ2v) is 10.2. The van der Waals surface area contributed by atoms with Crippen molar-refractivity contribution in [2.75, 3.05) is 12.4 Å². The molecule has 9 heteroatoms. The number of carbonyl (C=O) groups is 1. The molecule has 2 N–H and O–H groups in total. The summed E-state index contributed by atoms with van der Waals surface area (Å²) >= 11 is 6.32. The number of nitrogens with one attached hydrogen (secondary N) is 1. The van der Waals surface area contributed by atoms with Crippen molar-refractivity contribution in [3.05, 3.63) is 76.8 Å². The number of allylic oxidation sites excluding steroid dienone is 2. The maximum Gasteiger partial charge on any atom is 0.234 e. The maximum atomic E-state index is 11.8. The number of hydrogen-bond donors (Lipinski definition) is 2. The van der Waals surface area contributed by atoms with Gasteiger partial charge in [-0.3, -0.25) is 9.52 Å². The smallest absolute Gasteiger partial charge is 0.234 e. The molecule has 1 fully saturated rings. The number of benzene rings is 2. The van der Waals surface area contributed by atoms with Crippen LogP contribution in [0, 0.1) is 5.92 Å². The zero-order valence-corrected chi connectivity index (χ0v) is 19.9. The fourth-order valence-electron chi connectivity index (χ4n) is 3.56. The Kier molecular flexibility index (Phi) is 8.91. The molecule has 33 heavy (non-hydrogen) atoms. The lowest BCUT2D eigenvalue weighted by atomic mass is 9.91. The van der Waals surface area contributed by atoms with E-state index < -0.39 is 28.3 Å². The van der Waals surface area contributed by atoms with Crippen molar-refractivity contribution in [1.82, 2.24) is 4.72 Å². The van der Waals surface area contributed by atoms with Gasteiger partial charge >= 0.3 is 0 Å². The molecule has 1 amide bonds. The van der Waals surface area contributed by atoms with E-state index >= 15 is 0 Å². The maximum absolute atomic E-state index is 11.8. The van der Waals surface area contributed by atoms with Gasteiger partial charge < -0.3 is 14.6 Å². The first-order chi connectivity index (χ1) is 15.8. The number of amides is 1. The van der Waals surface area contributed by atoms with E-state index in [0.717, 1.165) is 5.56 Å². The number of para-hydroxylation sites is 1. The standard InChI is InChI=1S/C24H28ClNO6S/c1-2-33(29,30)26-22(28)15-5-3-4-10-17-16-31-24(18-11-6-8-13-20(18)25)32-23(17)19-12-7-9-14-21(19)27/h3-4,6-9,11-14,17,23-24,27H,2,5,10,15-16H2,1H3,(H,26,28)/b4-3-. The molecule has 1 aliphatic rings. The van der Waals surface area contributed by atoms with Gasteiger partial charge in [0.25, 0.3) is 0 Å². The minimum absolute atomic E-state index is 0.0743. The summed E-state index contributed by atoms with van der Waals surface area (Å²) in [6, 6.07) is 14.4. The predicted molar refractivity (Wildman–Crippen MR) is 126 cm³/mol. The van der Waals surface area contributed by atoms with Crippen molar-refractivity contribution in [1.29, 1.82) is 0 Å². The minimum Gasteiger partial charge on any atom is -0.508 e. The van der Waals surface area contributed by atoms with Gasteiger partial charge in [0.2, 0.25) is 15.9 Å². The molecule has 2 aromatic rings. The average molecular weight is 494 g/mol. The second-order valence-electron chi connectivity index (χ2n) is 7.74. The SMILES string of the molecule is CCS(=O)(=O)NC(=O)CC/C=C\CC1COC(c2ccccc2Cl)OC1c1ccccc1O. The number of sulfonamides is 1. The van der Waals surface area contributed by atoms with Crippen LogP contribution in [-0.2, 0) is 24.3 Å². The Morgan fingerprint density at radius 2 is 1.85 bits per heavy atom. The highest BCUT2D eigenvalue weighted by Crippen LogP contribution is 2.43. The van der Waals surface area contributed by atoms with Crippen LogP contribution in [0.15, 0.2) is 60.7 Å².